The number of nitrogens with one attached hydrogen (secondary N) is 1. The monoisotopic (exact) mass is 210 g/mol. The number of aryl methyl sites for hydroxylation is 1. The minimum Gasteiger partial charge on any atom is -0.335 e. The Balaban J connectivity index is 2.21. The first-order valence-electron chi connectivity index (χ1n) is 5.44. The van der Waals surface area contributed by atoms with Gasteiger partial charge in [0.1, 0.15) is 0 Å². The predicted molar refractivity (Wildman–Crippen MR) is 61.0 cm³/mol. The van der Waals surface area contributed by atoms with Crippen LogP contribution < -0.4 is 0 Å². The summed E-state index contributed by atoms with van der Waals surface area (Å²) in [5.41, 5.74) is 1.17. The van der Waals surface area contributed by atoms with E-state index in [-0.39, 0.29) is 0 Å². The van der Waals surface area contributed by atoms with E-state index in [1.54, 1.807) is 0 Å². The van der Waals surface area contributed by atoms with Crippen molar-refractivity contribution in [3.8, 4) is 0 Å². The van der Waals surface area contributed by atoms with Gasteiger partial charge in [0.25, 0.3) is 0 Å². The molecule has 0 aromatic carbocycles. The van der Waals surface area contributed by atoms with Crippen LogP contribution in [0, 0.1) is 17.6 Å². The lowest BCUT2D eigenvalue weighted by atomic mass is 9.87. The molecule has 0 spiro atoms. The number of H-pyrrole nitrogens is 1. The van der Waals surface area contributed by atoms with E-state index < -0.39 is 0 Å². The van der Waals surface area contributed by atoms with Crippen molar-refractivity contribution in [2.75, 3.05) is 0 Å². The van der Waals surface area contributed by atoms with Crippen molar-refractivity contribution in [2.45, 2.75) is 45.6 Å². The average molecular weight is 210 g/mol. The van der Waals surface area contributed by atoms with Gasteiger partial charge in [-0.1, -0.05) is 19.8 Å². The molecule has 2 rings (SSSR count). The Labute approximate surface area is 90.3 Å². The van der Waals surface area contributed by atoms with Crippen LogP contribution in [0.25, 0.3) is 0 Å². The lowest BCUT2D eigenvalue weighted by Gasteiger charge is -2.27. The van der Waals surface area contributed by atoms with Crippen LogP contribution in [0.3, 0.4) is 0 Å². The van der Waals surface area contributed by atoms with Crippen molar-refractivity contribution in [2.24, 2.45) is 5.92 Å². The summed E-state index contributed by atoms with van der Waals surface area (Å²) in [7, 11) is 0. The fraction of sp³-hybridized carbons (Fsp3) is 0.727. The molecule has 2 nitrogen and oxygen atoms in total. The number of rotatable bonds is 1. The fourth-order valence-corrected chi connectivity index (χ4v) is 2.82. The summed E-state index contributed by atoms with van der Waals surface area (Å²) in [6.07, 6.45) is 7.46. The highest BCUT2D eigenvalue weighted by Gasteiger charge is 2.20. The number of hydrogen-bond donors (Lipinski definition) is 1. The quantitative estimate of drug-likeness (QED) is 0.702. The first kappa shape index (κ1) is 9.97. The van der Waals surface area contributed by atoms with E-state index in [0.717, 1.165) is 10.7 Å². The molecule has 78 valence electrons. The van der Waals surface area contributed by atoms with Gasteiger partial charge in [-0.3, -0.25) is 0 Å². The second-order valence-corrected chi connectivity index (χ2v) is 4.96. The predicted octanol–water partition coefficient (Wildman–Crippen LogP) is 3.61. The maximum atomic E-state index is 5.30. The van der Waals surface area contributed by atoms with E-state index in [1.165, 1.54) is 31.4 Å². The third kappa shape index (κ3) is 1.92. The van der Waals surface area contributed by atoms with Gasteiger partial charge in [0, 0.05) is 17.9 Å². The van der Waals surface area contributed by atoms with E-state index in [4.69, 9.17) is 12.2 Å². The van der Waals surface area contributed by atoms with Crippen LogP contribution in [0.1, 0.15) is 44.3 Å². The molecule has 2 atom stereocenters. The van der Waals surface area contributed by atoms with E-state index >= 15 is 0 Å². The van der Waals surface area contributed by atoms with Crippen LogP contribution in [0.5, 0.6) is 0 Å². The summed E-state index contributed by atoms with van der Waals surface area (Å²) in [4.78, 5) is 3.20. The molecule has 1 aliphatic carbocycles. The van der Waals surface area contributed by atoms with E-state index in [1.807, 2.05) is 0 Å². The highest BCUT2D eigenvalue weighted by atomic mass is 32.1. The van der Waals surface area contributed by atoms with Gasteiger partial charge < -0.3 is 9.55 Å². The van der Waals surface area contributed by atoms with Crippen molar-refractivity contribution in [3.63, 3.8) is 0 Å². The molecule has 1 aliphatic rings. The molecule has 0 bridgehead atoms. The highest BCUT2D eigenvalue weighted by molar-refractivity contribution is 7.71. The zero-order valence-electron chi connectivity index (χ0n) is 8.92. The molecule has 1 saturated carbocycles. The zero-order chi connectivity index (χ0) is 10.1. The summed E-state index contributed by atoms with van der Waals surface area (Å²) in [6.45, 7) is 4.41. The molecule has 0 saturated heterocycles. The molecule has 1 aromatic heterocycles. The summed E-state index contributed by atoms with van der Waals surface area (Å²) >= 11 is 5.30. The summed E-state index contributed by atoms with van der Waals surface area (Å²) in [5.74, 6) is 0.853. The van der Waals surface area contributed by atoms with Crippen molar-refractivity contribution >= 4 is 12.2 Å². The third-order valence-corrected chi connectivity index (χ3v) is 3.49. The molecule has 1 fully saturated rings. The maximum absolute atomic E-state index is 5.30. The van der Waals surface area contributed by atoms with E-state index in [0.29, 0.717) is 6.04 Å². The molecule has 2 unspecified atom stereocenters. The number of imidazole rings is 1. The maximum Gasteiger partial charge on any atom is 0.177 e. The van der Waals surface area contributed by atoms with Gasteiger partial charge in [-0.2, -0.15) is 0 Å². The van der Waals surface area contributed by atoms with Crippen LogP contribution >= 0.6 is 12.2 Å². The number of nitrogens with zero attached hydrogens (tertiary/aromatic N) is 1. The standard InChI is InChI=1S/C11H18N2S/c1-8-4-3-5-10(6-8)13-7-9(2)12-11(13)14/h7-8,10H,3-6H2,1-2H3,(H,12,14). The molecule has 1 aromatic rings. The second kappa shape index (κ2) is 3.89. The lowest BCUT2D eigenvalue weighted by molar-refractivity contribution is 0.280. The van der Waals surface area contributed by atoms with Crippen LogP contribution in [-0.4, -0.2) is 9.55 Å². The number of aromatic nitrogens is 2. The van der Waals surface area contributed by atoms with Crippen molar-refractivity contribution < 1.29 is 0 Å². The van der Waals surface area contributed by atoms with E-state index in [9.17, 15) is 0 Å². The third-order valence-electron chi connectivity index (χ3n) is 3.17. The van der Waals surface area contributed by atoms with Gasteiger partial charge in [0.05, 0.1) is 0 Å². The van der Waals surface area contributed by atoms with Crippen molar-refractivity contribution in [1.82, 2.24) is 9.55 Å². The average Bonchev–Trinajstić information content (AvgIpc) is 2.45. The Morgan fingerprint density at radius 1 is 1.50 bits per heavy atom. The molecule has 1 N–H and O–H groups in total. The van der Waals surface area contributed by atoms with Crippen LogP contribution in [0.15, 0.2) is 6.20 Å². The molecule has 0 radical (unpaired) electrons. The fourth-order valence-electron chi connectivity index (χ4n) is 2.46. The van der Waals surface area contributed by atoms with Crippen molar-refractivity contribution in [1.29, 1.82) is 0 Å². The number of hydrogen-bond acceptors (Lipinski definition) is 1. The Morgan fingerprint density at radius 2 is 2.29 bits per heavy atom. The molecule has 3 heteroatoms. The number of aromatic amines is 1. The first-order valence-corrected chi connectivity index (χ1v) is 5.85. The first-order chi connectivity index (χ1) is 6.66. The zero-order valence-corrected chi connectivity index (χ0v) is 9.73. The van der Waals surface area contributed by atoms with E-state index in [2.05, 4.69) is 29.6 Å². The molecule has 1 heterocycles. The van der Waals surface area contributed by atoms with Crippen LogP contribution in [0.4, 0.5) is 0 Å². The van der Waals surface area contributed by atoms with Gasteiger partial charge in [-0.25, -0.2) is 0 Å². The topological polar surface area (TPSA) is 20.7 Å². The minimum absolute atomic E-state index is 0.635. The second-order valence-electron chi connectivity index (χ2n) is 4.58. The highest BCUT2D eigenvalue weighted by Crippen LogP contribution is 2.32. The smallest absolute Gasteiger partial charge is 0.177 e. The molecule has 14 heavy (non-hydrogen) atoms. The van der Waals surface area contributed by atoms with Crippen molar-refractivity contribution in [3.05, 3.63) is 16.7 Å². The summed E-state index contributed by atoms with van der Waals surface area (Å²) in [5, 5.41) is 0. The Bertz CT molecular complexity index is 364. The largest absolute Gasteiger partial charge is 0.335 e. The Morgan fingerprint density at radius 3 is 2.86 bits per heavy atom. The van der Waals surface area contributed by atoms with Gasteiger partial charge >= 0.3 is 0 Å². The van der Waals surface area contributed by atoms with Gasteiger partial charge in [-0.05, 0) is 37.9 Å². The van der Waals surface area contributed by atoms with Crippen LogP contribution in [-0.2, 0) is 0 Å². The van der Waals surface area contributed by atoms with Gasteiger partial charge in [0.2, 0.25) is 0 Å². The molecule has 0 amide bonds. The Hall–Kier alpha value is -0.570. The van der Waals surface area contributed by atoms with Gasteiger partial charge in [0.15, 0.2) is 4.77 Å². The summed E-state index contributed by atoms with van der Waals surface area (Å²) < 4.78 is 3.14. The molecular weight excluding hydrogens is 192 g/mol. The van der Waals surface area contributed by atoms with Gasteiger partial charge in [-0.15, -0.1) is 0 Å². The lowest BCUT2D eigenvalue weighted by Crippen LogP contribution is -2.17. The Kier molecular flexibility index (Phi) is 2.77. The molecule has 0 aliphatic heterocycles. The SMILES string of the molecule is Cc1cn(C2CCCC(C)C2)c(=S)[nH]1. The van der Waals surface area contributed by atoms with Crippen LogP contribution in [0.2, 0.25) is 0 Å². The molecular formula is C11H18N2S. The normalized spacial score (nSPS) is 27.9. The summed E-state index contributed by atoms with van der Waals surface area (Å²) in [6, 6.07) is 0.635. The minimum atomic E-state index is 0.635.